The molecule has 0 saturated heterocycles. The highest BCUT2D eigenvalue weighted by molar-refractivity contribution is 6.31. The fourth-order valence-corrected chi connectivity index (χ4v) is 2.40. The second-order valence-corrected chi connectivity index (χ2v) is 5.23. The Morgan fingerprint density at radius 3 is 2.38 bits per heavy atom. The highest BCUT2D eigenvalue weighted by Gasteiger charge is 2.04. The third-order valence-electron chi connectivity index (χ3n) is 3.29. The van der Waals surface area contributed by atoms with Crippen LogP contribution in [-0.4, -0.2) is 0 Å². The second kappa shape index (κ2) is 6.61. The molecule has 0 radical (unpaired) electrons. The van der Waals surface area contributed by atoms with Gasteiger partial charge in [-0.15, -0.1) is 0 Å². The monoisotopic (exact) mass is 297 g/mol. The molecule has 0 fully saturated rings. The third kappa shape index (κ3) is 3.54. The lowest BCUT2D eigenvalue weighted by Crippen LogP contribution is -2.12. The topological polar surface area (TPSA) is 25.2 Å². The first kappa shape index (κ1) is 13.9. The van der Waals surface area contributed by atoms with Crippen molar-refractivity contribution in [2.75, 3.05) is 0 Å². The van der Waals surface area contributed by atoms with Crippen LogP contribution in [0.2, 0.25) is 5.02 Å². The summed E-state index contributed by atoms with van der Waals surface area (Å²) in [6.45, 7) is 1.40. The standard InChI is InChI=1S/C18H16ClNO/c19-17-9-5-4-8-15(17)12-20-13-16-10-11-18(21-16)14-6-2-1-3-7-14/h1-11,20H,12-13H2. The fraction of sp³-hybridized carbons (Fsp3) is 0.111. The van der Waals surface area contributed by atoms with Gasteiger partial charge in [0.05, 0.1) is 6.54 Å². The average Bonchev–Trinajstić information content (AvgIpc) is 2.99. The van der Waals surface area contributed by atoms with E-state index in [9.17, 15) is 0 Å². The van der Waals surface area contributed by atoms with Gasteiger partial charge in [0.2, 0.25) is 0 Å². The van der Waals surface area contributed by atoms with E-state index >= 15 is 0 Å². The number of halogens is 1. The summed E-state index contributed by atoms with van der Waals surface area (Å²) in [4.78, 5) is 0. The van der Waals surface area contributed by atoms with Crippen molar-refractivity contribution in [1.29, 1.82) is 0 Å². The first-order valence-electron chi connectivity index (χ1n) is 6.91. The van der Waals surface area contributed by atoms with Crippen LogP contribution in [0.15, 0.2) is 71.1 Å². The van der Waals surface area contributed by atoms with Crippen molar-refractivity contribution < 1.29 is 4.42 Å². The maximum Gasteiger partial charge on any atom is 0.134 e. The first-order valence-corrected chi connectivity index (χ1v) is 7.29. The minimum Gasteiger partial charge on any atom is -0.460 e. The summed E-state index contributed by atoms with van der Waals surface area (Å²) in [5.41, 5.74) is 2.18. The normalized spacial score (nSPS) is 10.7. The zero-order valence-corrected chi connectivity index (χ0v) is 12.3. The molecule has 0 bridgehead atoms. The van der Waals surface area contributed by atoms with Crippen molar-refractivity contribution in [1.82, 2.24) is 5.32 Å². The van der Waals surface area contributed by atoms with Crippen LogP contribution in [0.5, 0.6) is 0 Å². The number of benzene rings is 2. The molecule has 1 aromatic heterocycles. The van der Waals surface area contributed by atoms with Crippen LogP contribution in [0.4, 0.5) is 0 Å². The van der Waals surface area contributed by atoms with Crippen molar-refractivity contribution in [2.24, 2.45) is 0 Å². The highest BCUT2D eigenvalue weighted by atomic mass is 35.5. The van der Waals surface area contributed by atoms with Crippen LogP contribution in [0.3, 0.4) is 0 Å². The second-order valence-electron chi connectivity index (χ2n) is 4.83. The Labute approximate surface area is 129 Å². The predicted octanol–water partition coefficient (Wildman–Crippen LogP) is 4.89. The molecule has 0 aliphatic rings. The molecule has 2 aromatic carbocycles. The number of rotatable bonds is 5. The molecule has 106 valence electrons. The van der Waals surface area contributed by atoms with Crippen LogP contribution in [0.1, 0.15) is 11.3 Å². The molecule has 3 aromatic rings. The van der Waals surface area contributed by atoms with Gasteiger partial charge in [0.15, 0.2) is 0 Å². The molecule has 0 amide bonds. The Morgan fingerprint density at radius 1 is 0.810 bits per heavy atom. The summed E-state index contributed by atoms with van der Waals surface area (Å²) in [5, 5.41) is 4.13. The Balaban J connectivity index is 1.60. The summed E-state index contributed by atoms with van der Waals surface area (Å²) in [6, 6.07) is 21.9. The zero-order valence-electron chi connectivity index (χ0n) is 11.6. The van der Waals surface area contributed by atoms with Gasteiger partial charge in [-0.1, -0.05) is 60.1 Å². The molecule has 0 unspecified atom stereocenters. The van der Waals surface area contributed by atoms with Crippen molar-refractivity contribution in [3.63, 3.8) is 0 Å². The molecule has 3 rings (SSSR count). The van der Waals surface area contributed by atoms with E-state index in [0.29, 0.717) is 6.54 Å². The SMILES string of the molecule is Clc1ccccc1CNCc1ccc(-c2ccccc2)o1. The van der Waals surface area contributed by atoms with Gasteiger partial charge in [-0.3, -0.25) is 0 Å². The number of furan rings is 1. The highest BCUT2D eigenvalue weighted by Crippen LogP contribution is 2.21. The van der Waals surface area contributed by atoms with Crippen molar-refractivity contribution >= 4 is 11.6 Å². The molecular weight excluding hydrogens is 282 g/mol. The maximum atomic E-state index is 6.13. The van der Waals surface area contributed by atoms with E-state index in [1.807, 2.05) is 66.7 Å². The first-order chi connectivity index (χ1) is 10.3. The molecule has 0 atom stereocenters. The van der Waals surface area contributed by atoms with E-state index in [-0.39, 0.29) is 0 Å². The lowest BCUT2D eigenvalue weighted by molar-refractivity contribution is 0.493. The predicted molar refractivity (Wildman–Crippen MR) is 86.1 cm³/mol. The van der Waals surface area contributed by atoms with Crippen LogP contribution in [-0.2, 0) is 13.1 Å². The number of hydrogen-bond acceptors (Lipinski definition) is 2. The van der Waals surface area contributed by atoms with Gasteiger partial charge >= 0.3 is 0 Å². The van der Waals surface area contributed by atoms with E-state index in [2.05, 4.69) is 5.32 Å². The number of nitrogens with one attached hydrogen (secondary N) is 1. The van der Waals surface area contributed by atoms with Gasteiger partial charge < -0.3 is 9.73 Å². The third-order valence-corrected chi connectivity index (χ3v) is 3.66. The molecule has 1 heterocycles. The Hall–Kier alpha value is -2.03. The minimum atomic E-state index is 0.679. The van der Waals surface area contributed by atoms with E-state index in [4.69, 9.17) is 16.0 Å². The molecule has 0 saturated carbocycles. The fourth-order valence-electron chi connectivity index (χ4n) is 2.19. The maximum absolute atomic E-state index is 6.13. The Bertz CT molecular complexity index is 706. The molecule has 0 aliphatic heterocycles. The average molecular weight is 298 g/mol. The van der Waals surface area contributed by atoms with Gasteiger partial charge in [0.25, 0.3) is 0 Å². The molecular formula is C18H16ClNO. The van der Waals surface area contributed by atoms with Gasteiger partial charge in [-0.2, -0.15) is 0 Å². The molecule has 0 spiro atoms. The molecule has 1 N–H and O–H groups in total. The van der Waals surface area contributed by atoms with Crippen molar-refractivity contribution in [2.45, 2.75) is 13.1 Å². The van der Waals surface area contributed by atoms with E-state index in [1.54, 1.807) is 0 Å². The number of hydrogen-bond donors (Lipinski definition) is 1. The van der Waals surface area contributed by atoms with Crippen molar-refractivity contribution in [3.05, 3.63) is 83.1 Å². The molecule has 0 aliphatic carbocycles. The van der Waals surface area contributed by atoms with E-state index in [1.165, 1.54) is 0 Å². The summed E-state index contributed by atoms with van der Waals surface area (Å²) in [6.07, 6.45) is 0. The summed E-state index contributed by atoms with van der Waals surface area (Å²) >= 11 is 6.13. The van der Waals surface area contributed by atoms with Gasteiger partial charge in [-0.05, 0) is 23.8 Å². The smallest absolute Gasteiger partial charge is 0.134 e. The Kier molecular flexibility index (Phi) is 4.39. The Morgan fingerprint density at radius 2 is 1.57 bits per heavy atom. The lowest BCUT2D eigenvalue weighted by atomic mass is 10.2. The van der Waals surface area contributed by atoms with Gasteiger partial charge in [0, 0.05) is 17.1 Å². The molecule has 2 nitrogen and oxygen atoms in total. The zero-order chi connectivity index (χ0) is 14.5. The van der Waals surface area contributed by atoms with Crippen LogP contribution >= 0.6 is 11.6 Å². The lowest BCUT2D eigenvalue weighted by Gasteiger charge is -2.05. The van der Waals surface area contributed by atoms with Gasteiger partial charge in [0.1, 0.15) is 11.5 Å². The summed E-state index contributed by atoms with van der Waals surface area (Å²) < 4.78 is 5.84. The van der Waals surface area contributed by atoms with Crippen LogP contribution in [0.25, 0.3) is 11.3 Å². The van der Waals surface area contributed by atoms with Gasteiger partial charge in [-0.25, -0.2) is 0 Å². The van der Waals surface area contributed by atoms with E-state index < -0.39 is 0 Å². The molecule has 3 heteroatoms. The molecule has 21 heavy (non-hydrogen) atoms. The van der Waals surface area contributed by atoms with E-state index in [0.717, 1.165) is 34.2 Å². The van der Waals surface area contributed by atoms with Crippen LogP contribution < -0.4 is 5.32 Å². The van der Waals surface area contributed by atoms with Crippen molar-refractivity contribution in [3.8, 4) is 11.3 Å². The van der Waals surface area contributed by atoms with Crippen LogP contribution in [0, 0.1) is 0 Å². The summed E-state index contributed by atoms with van der Waals surface area (Å²) in [5.74, 6) is 1.81. The largest absolute Gasteiger partial charge is 0.460 e. The minimum absolute atomic E-state index is 0.679. The summed E-state index contributed by atoms with van der Waals surface area (Å²) in [7, 11) is 0. The quantitative estimate of drug-likeness (QED) is 0.725.